The fraction of sp³-hybridized carbons (Fsp3) is 0.182. The molecule has 6 nitrogen and oxygen atoms in total. The Labute approximate surface area is 183 Å². The van der Waals surface area contributed by atoms with Crippen LogP contribution in [0.2, 0.25) is 10.0 Å². The summed E-state index contributed by atoms with van der Waals surface area (Å²) in [5.74, 6) is -0.425. The van der Waals surface area contributed by atoms with Gasteiger partial charge in [0.05, 0.1) is 28.0 Å². The Morgan fingerprint density at radius 3 is 2.67 bits per heavy atom. The lowest BCUT2D eigenvalue weighted by Gasteiger charge is -2.32. The summed E-state index contributed by atoms with van der Waals surface area (Å²) in [6.45, 7) is 4.17. The molecule has 4 rings (SSSR count). The number of fused-ring (bicyclic) bond motifs is 1. The highest BCUT2D eigenvalue weighted by Crippen LogP contribution is 2.42. The van der Waals surface area contributed by atoms with Crippen LogP contribution in [0.4, 0.5) is 5.69 Å². The molecule has 1 aromatic carbocycles. The van der Waals surface area contributed by atoms with Crippen molar-refractivity contribution in [2.75, 3.05) is 4.90 Å². The van der Waals surface area contributed by atoms with Crippen molar-refractivity contribution < 1.29 is 9.59 Å². The second-order valence-electron chi connectivity index (χ2n) is 7.48. The van der Waals surface area contributed by atoms with E-state index in [1.54, 1.807) is 35.5 Å². The van der Waals surface area contributed by atoms with E-state index >= 15 is 0 Å². The molecule has 0 bridgehead atoms. The summed E-state index contributed by atoms with van der Waals surface area (Å²) in [7, 11) is 0. The Hall–Kier alpha value is -2.96. The highest BCUT2D eigenvalue weighted by molar-refractivity contribution is 6.33. The first-order valence-electron chi connectivity index (χ1n) is 9.25. The summed E-state index contributed by atoms with van der Waals surface area (Å²) < 4.78 is 0. The number of carbonyl (C=O) groups excluding carboxylic acids is 2. The second-order valence-corrected chi connectivity index (χ2v) is 8.32. The predicted octanol–water partition coefficient (Wildman–Crippen LogP) is 4.61. The van der Waals surface area contributed by atoms with Gasteiger partial charge < -0.3 is 5.32 Å². The Balaban J connectivity index is 1.58. The summed E-state index contributed by atoms with van der Waals surface area (Å²) in [6.07, 6.45) is 6.21. The van der Waals surface area contributed by atoms with Crippen molar-refractivity contribution in [1.82, 2.24) is 15.3 Å². The average molecular weight is 441 g/mol. The summed E-state index contributed by atoms with van der Waals surface area (Å²) in [5, 5.41) is 3.68. The van der Waals surface area contributed by atoms with Crippen LogP contribution in [-0.4, -0.2) is 21.8 Å². The molecule has 1 aliphatic rings. The smallest absolute Gasteiger partial charge is 0.259 e. The van der Waals surface area contributed by atoms with Crippen molar-refractivity contribution in [3.05, 3.63) is 87.4 Å². The number of pyridine rings is 2. The second kappa shape index (κ2) is 7.70. The number of hydrogen-bond donors (Lipinski definition) is 1. The first kappa shape index (κ1) is 20.3. The van der Waals surface area contributed by atoms with Crippen molar-refractivity contribution in [3.63, 3.8) is 0 Å². The van der Waals surface area contributed by atoms with Crippen molar-refractivity contribution in [1.29, 1.82) is 0 Å². The number of nitrogens with one attached hydrogen (secondary N) is 1. The van der Waals surface area contributed by atoms with Gasteiger partial charge >= 0.3 is 0 Å². The van der Waals surface area contributed by atoms with Crippen LogP contribution >= 0.6 is 23.2 Å². The fourth-order valence-corrected chi connectivity index (χ4v) is 4.05. The molecule has 2 aromatic heterocycles. The van der Waals surface area contributed by atoms with Crippen LogP contribution in [0, 0.1) is 0 Å². The molecule has 0 fully saturated rings. The number of aromatic nitrogens is 2. The SMILES string of the molecule is CC1(C)c2cc(Cl)ccc2C(=O)N1c1cncc(CNC(=O)c2ccncc2Cl)c1. The number of hydrogen-bond acceptors (Lipinski definition) is 4. The highest BCUT2D eigenvalue weighted by Gasteiger charge is 2.44. The maximum atomic E-state index is 13.1. The molecule has 8 heteroatoms. The summed E-state index contributed by atoms with van der Waals surface area (Å²) in [5.41, 5.74) is 2.64. The molecule has 30 heavy (non-hydrogen) atoms. The summed E-state index contributed by atoms with van der Waals surface area (Å²) in [4.78, 5) is 35.3. The molecule has 3 heterocycles. The van der Waals surface area contributed by atoms with Gasteiger partial charge in [-0.25, -0.2) is 0 Å². The lowest BCUT2D eigenvalue weighted by atomic mass is 9.93. The topological polar surface area (TPSA) is 75.2 Å². The highest BCUT2D eigenvalue weighted by atomic mass is 35.5. The largest absolute Gasteiger partial charge is 0.348 e. The summed E-state index contributed by atoms with van der Waals surface area (Å²) >= 11 is 12.2. The first-order valence-corrected chi connectivity index (χ1v) is 10.0. The van der Waals surface area contributed by atoms with Crippen LogP contribution < -0.4 is 10.2 Å². The molecule has 3 aromatic rings. The fourth-order valence-electron chi connectivity index (χ4n) is 3.67. The van der Waals surface area contributed by atoms with E-state index in [9.17, 15) is 9.59 Å². The Morgan fingerprint density at radius 2 is 1.90 bits per heavy atom. The van der Waals surface area contributed by atoms with Crippen molar-refractivity contribution in [2.24, 2.45) is 0 Å². The van der Waals surface area contributed by atoms with Gasteiger partial charge in [-0.3, -0.25) is 24.5 Å². The van der Waals surface area contributed by atoms with Crippen LogP contribution in [0.15, 0.2) is 55.1 Å². The zero-order chi connectivity index (χ0) is 21.5. The molecule has 0 saturated carbocycles. The number of nitrogens with zero attached hydrogens (tertiary/aromatic N) is 3. The van der Waals surface area contributed by atoms with Gasteiger partial charge in [-0.15, -0.1) is 0 Å². The third-order valence-corrected chi connectivity index (χ3v) is 5.68. The van der Waals surface area contributed by atoms with E-state index in [1.165, 1.54) is 12.4 Å². The Bertz CT molecular complexity index is 1160. The number of carbonyl (C=O) groups is 2. The van der Waals surface area contributed by atoms with E-state index in [0.29, 0.717) is 21.8 Å². The minimum Gasteiger partial charge on any atom is -0.348 e. The lowest BCUT2D eigenvalue weighted by molar-refractivity contribution is 0.0948. The van der Waals surface area contributed by atoms with Gasteiger partial charge in [0.25, 0.3) is 11.8 Å². The quantitative estimate of drug-likeness (QED) is 0.642. The molecule has 0 atom stereocenters. The van der Waals surface area contributed by atoms with Crippen LogP contribution in [-0.2, 0) is 12.1 Å². The van der Waals surface area contributed by atoms with Gasteiger partial charge in [0.2, 0.25) is 0 Å². The van der Waals surface area contributed by atoms with Gasteiger partial charge in [0.15, 0.2) is 0 Å². The van der Waals surface area contributed by atoms with Gasteiger partial charge in [-0.1, -0.05) is 23.2 Å². The molecule has 152 valence electrons. The van der Waals surface area contributed by atoms with E-state index in [4.69, 9.17) is 23.2 Å². The normalized spacial score (nSPS) is 14.5. The van der Waals surface area contributed by atoms with Crippen molar-refractivity contribution >= 4 is 40.7 Å². The minimum atomic E-state index is -0.592. The number of benzene rings is 1. The molecule has 0 aliphatic carbocycles. The van der Waals surface area contributed by atoms with E-state index < -0.39 is 5.54 Å². The molecule has 2 amide bonds. The van der Waals surface area contributed by atoms with E-state index in [-0.39, 0.29) is 23.4 Å². The third-order valence-electron chi connectivity index (χ3n) is 5.14. The van der Waals surface area contributed by atoms with Gasteiger partial charge in [-0.05, 0) is 55.3 Å². The zero-order valence-electron chi connectivity index (χ0n) is 16.3. The standard InChI is InChI=1S/C22H18Cl2N4O2/c1-22(2)18-8-14(23)3-4-16(18)21(30)28(22)15-7-13(9-26-11-15)10-27-20(29)17-5-6-25-12-19(17)24/h3-9,11-12H,10H2,1-2H3,(H,27,29). The van der Waals surface area contributed by atoms with Gasteiger partial charge in [0.1, 0.15) is 0 Å². The molecule has 0 radical (unpaired) electrons. The molecule has 1 N–H and O–H groups in total. The minimum absolute atomic E-state index is 0.113. The number of rotatable bonds is 4. The van der Waals surface area contributed by atoms with Crippen LogP contribution in [0.3, 0.4) is 0 Å². The number of amides is 2. The number of anilines is 1. The maximum Gasteiger partial charge on any atom is 0.259 e. The van der Waals surface area contributed by atoms with Crippen molar-refractivity contribution in [3.8, 4) is 0 Å². The molecule has 0 unspecified atom stereocenters. The van der Waals surface area contributed by atoms with Crippen LogP contribution in [0.5, 0.6) is 0 Å². The van der Waals surface area contributed by atoms with E-state index in [1.807, 2.05) is 26.0 Å². The van der Waals surface area contributed by atoms with E-state index in [0.717, 1.165) is 11.1 Å². The van der Waals surface area contributed by atoms with Gasteiger partial charge in [0, 0.05) is 35.7 Å². The molecular formula is C22H18Cl2N4O2. The monoisotopic (exact) mass is 440 g/mol. The maximum absolute atomic E-state index is 13.1. The zero-order valence-corrected chi connectivity index (χ0v) is 17.8. The third kappa shape index (κ3) is 3.53. The van der Waals surface area contributed by atoms with E-state index in [2.05, 4.69) is 15.3 Å². The van der Waals surface area contributed by atoms with Crippen LogP contribution in [0.25, 0.3) is 0 Å². The Kier molecular flexibility index (Phi) is 5.22. The summed E-state index contributed by atoms with van der Waals surface area (Å²) in [6, 6.07) is 8.68. The lowest BCUT2D eigenvalue weighted by Crippen LogP contribution is -2.39. The number of halogens is 2. The van der Waals surface area contributed by atoms with Crippen LogP contribution in [0.1, 0.15) is 45.7 Å². The van der Waals surface area contributed by atoms with Crippen molar-refractivity contribution in [2.45, 2.75) is 25.9 Å². The predicted molar refractivity (Wildman–Crippen MR) is 116 cm³/mol. The molecular weight excluding hydrogens is 423 g/mol. The Morgan fingerprint density at radius 1 is 1.10 bits per heavy atom. The molecule has 0 spiro atoms. The molecule has 0 saturated heterocycles. The first-order chi connectivity index (χ1) is 14.3. The average Bonchev–Trinajstić information content (AvgIpc) is 2.91. The molecule has 1 aliphatic heterocycles. The van der Waals surface area contributed by atoms with Gasteiger partial charge in [-0.2, -0.15) is 0 Å².